The zero-order valence-corrected chi connectivity index (χ0v) is 8.16. The third-order valence-corrected chi connectivity index (χ3v) is 2.79. The predicted octanol–water partition coefficient (Wildman–Crippen LogP) is 1.34. The van der Waals surface area contributed by atoms with Crippen molar-refractivity contribution in [2.75, 3.05) is 0 Å². The number of carbonyl (C=O) groups is 1. The van der Waals surface area contributed by atoms with Crippen molar-refractivity contribution >= 4 is 5.97 Å². The molecule has 0 radical (unpaired) electrons. The molecule has 0 spiro atoms. The van der Waals surface area contributed by atoms with Crippen molar-refractivity contribution in [1.82, 2.24) is 0 Å². The van der Waals surface area contributed by atoms with E-state index in [1.165, 1.54) is 12.1 Å². The average Bonchev–Trinajstić information content (AvgIpc) is 2.17. The second-order valence-corrected chi connectivity index (χ2v) is 3.91. The fourth-order valence-electron chi connectivity index (χ4n) is 1.97. The Balaban J connectivity index is 2.47. The molecule has 0 amide bonds. The van der Waals surface area contributed by atoms with E-state index in [1.54, 1.807) is 0 Å². The molecule has 0 heterocycles. The minimum Gasteiger partial charge on any atom is -0.478 e. The van der Waals surface area contributed by atoms with Crippen LogP contribution in [0.25, 0.3) is 0 Å². The smallest absolute Gasteiger partial charge is 0.338 e. The van der Waals surface area contributed by atoms with Gasteiger partial charge in [0.1, 0.15) is 5.82 Å². The Morgan fingerprint density at radius 3 is 2.87 bits per heavy atom. The van der Waals surface area contributed by atoms with Crippen molar-refractivity contribution in [3.8, 4) is 0 Å². The van der Waals surface area contributed by atoms with Gasteiger partial charge in [0, 0.05) is 6.04 Å². The quantitative estimate of drug-likeness (QED) is 0.733. The van der Waals surface area contributed by atoms with Gasteiger partial charge in [-0.25, -0.2) is 9.18 Å². The van der Waals surface area contributed by atoms with Gasteiger partial charge in [0.05, 0.1) is 5.56 Å². The normalized spacial score (nSPS) is 19.7. The number of aromatic carboxylic acids is 1. The summed E-state index contributed by atoms with van der Waals surface area (Å²) >= 11 is 0. The summed E-state index contributed by atoms with van der Waals surface area (Å²) in [4.78, 5) is 10.7. The molecule has 15 heavy (non-hydrogen) atoms. The number of halogens is 1. The first-order valence-corrected chi connectivity index (χ1v) is 4.88. The van der Waals surface area contributed by atoms with Crippen LogP contribution in [0.2, 0.25) is 0 Å². The van der Waals surface area contributed by atoms with E-state index >= 15 is 0 Å². The highest BCUT2D eigenvalue weighted by atomic mass is 19.1. The molecule has 4 heteroatoms. The molecule has 3 nitrogen and oxygen atoms in total. The second kappa shape index (κ2) is 3.62. The SMILES string of the molecule is NC1CCc2cc(F)c(C(=O)O)cc2C1. The van der Waals surface area contributed by atoms with Crippen LogP contribution in [0, 0.1) is 5.82 Å². The number of nitrogens with two attached hydrogens (primary N) is 1. The zero-order valence-electron chi connectivity index (χ0n) is 8.16. The fraction of sp³-hybridized carbons (Fsp3) is 0.364. The average molecular weight is 209 g/mol. The summed E-state index contributed by atoms with van der Waals surface area (Å²) in [6.07, 6.45) is 2.20. The van der Waals surface area contributed by atoms with Crippen LogP contribution < -0.4 is 5.73 Å². The second-order valence-electron chi connectivity index (χ2n) is 3.91. The van der Waals surface area contributed by atoms with Gasteiger partial charge in [-0.15, -0.1) is 0 Å². The van der Waals surface area contributed by atoms with E-state index in [9.17, 15) is 9.18 Å². The Bertz CT molecular complexity index is 417. The molecule has 80 valence electrons. The molecule has 0 aromatic heterocycles. The largest absolute Gasteiger partial charge is 0.478 e. The minimum absolute atomic E-state index is 0.0598. The van der Waals surface area contributed by atoms with Crippen molar-refractivity contribution in [3.05, 3.63) is 34.6 Å². The molecule has 1 aliphatic rings. The number of aryl methyl sites for hydroxylation is 1. The molecule has 0 bridgehead atoms. The number of hydrogen-bond acceptors (Lipinski definition) is 2. The van der Waals surface area contributed by atoms with Gasteiger partial charge in [-0.1, -0.05) is 0 Å². The summed E-state index contributed by atoms with van der Waals surface area (Å²) in [5.74, 6) is -1.88. The van der Waals surface area contributed by atoms with Crippen LogP contribution in [0.4, 0.5) is 4.39 Å². The zero-order chi connectivity index (χ0) is 11.0. The van der Waals surface area contributed by atoms with Gasteiger partial charge < -0.3 is 10.8 Å². The van der Waals surface area contributed by atoms with Crippen LogP contribution >= 0.6 is 0 Å². The van der Waals surface area contributed by atoms with Crippen LogP contribution in [-0.4, -0.2) is 17.1 Å². The number of carboxylic acid groups (broad SMARTS) is 1. The maximum Gasteiger partial charge on any atom is 0.338 e. The summed E-state index contributed by atoms with van der Waals surface area (Å²) in [6, 6.07) is 2.79. The molecule has 1 unspecified atom stereocenters. The maximum atomic E-state index is 13.3. The Labute approximate surface area is 86.7 Å². The lowest BCUT2D eigenvalue weighted by Gasteiger charge is -2.21. The molecule has 0 saturated carbocycles. The highest BCUT2D eigenvalue weighted by molar-refractivity contribution is 5.88. The van der Waals surface area contributed by atoms with Gasteiger partial charge in [0.25, 0.3) is 0 Å². The van der Waals surface area contributed by atoms with E-state index < -0.39 is 11.8 Å². The molecule has 2 rings (SSSR count). The van der Waals surface area contributed by atoms with Crippen molar-refractivity contribution in [1.29, 1.82) is 0 Å². The monoisotopic (exact) mass is 209 g/mol. The van der Waals surface area contributed by atoms with Crippen LogP contribution in [0.15, 0.2) is 12.1 Å². The number of carboxylic acids is 1. The van der Waals surface area contributed by atoms with E-state index in [0.717, 1.165) is 24.0 Å². The molecule has 3 N–H and O–H groups in total. The van der Waals surface area contributed by atoms with Gasteiger partial charge in [0.2, 0.25) is 0 Å². The molecule has 0 aliphatic heterocycles. The molecule has 1 aromatic carbocycles. The van der Waals surface area contributed by atoms with Crippen molar-refractivity contribution in [3.63, 3.8) is 0 Å². The molecule has 1 aliphatic carbocycles. The molecule has 1 atom stereocenters. The van der Waals surface area contributed by atoms with Gasteiger partial charge in [-0.2, -0.15) is 0 Å². The lowest BCUT2D eigenvalue weighted by atomic mass is 9.87. The predicted molar refractivity (Wildman–Crippen MR) is 53.4 cm³/mol. The molecule has 0 saturated heterocycles. The minimum atomic E-state index is -1.23. The first kappa shape index (κ1) is 10.1. The van der Waals surface area contributed by atoms with E-state index in [4.69, 9.17) is 10.8 Å². The number of benzene rings is 1. The third-order valence-electron chi connectivity index (χ3n) is 2.79. The van der Waals surface area contributed by atoms with Crippen LogP contribution in [0.1, 0.15) is 27.9 Å². The van der Waals surface area contributed by atoms with Crippen molar-refractivity contribution in [2.24, 2.45) is 5.73 Å². The highest BCUT2D eigenvalue weighted by Gasteiger charge is 2.20. The summed E-state index contributed by atoms with van der Waals surface area (Å²) in [6.45, 7) is 0. The summed E-state index contributed by atoms with van der Waals surface area (Å²) in [7, 11) is 0. The van der Waals surface area contributed by atoms with Crippen LogP contribution in [0.3, 0.4) is 0 Å². The van der Waals surface area contributed by atoms with E-state index in [0.29, 0.717) is 6.42 Å². The van der Waals surface area contributed by atoms with Crippen molar-refractivity contribution < 1.29 is 14.3 Å². The third kappa shape index (κ3) is 1.85. The summed E-state index contributed by atoms with van der Waals surface area (Å²) in [5.41, 5.74) is 7.27. The molecule has 0 fully saturated rings. The van der Waals surface area contributed by atoms with E-state index in [2.05, 4.69) is 0 Å². The Hall–Kier alpha value is -1.42. The molecular weight excluding hydrogens is 197 g/mol. The van der Waals surface area contributed by atoms with Crippen molar-refractivity contribution in [2.45, 2.75) is 25.3 Å². The first-order valence-electron chi connectivity index (χ1n) is 4.88. The standard InChI is InChI=1S/C11H12FNO2/c12-10-5-6-1-2-8(13)3-7(6)4-9(10)11(14)15/h4-5,8H,1-3,13H2,(H,14,15). The van der Waals surface area contributed by atoms with E-state index in [-0.39, 0.29) is 11.6 Å². The fourth-order valence-corrected chi connectivity index (χ4v) is 1.97. The topological polar surface area (TPSA) is 63.3 Å². The Morgan fingerprint density at radius 1 is 1.47 bits per heavy atom. The highest BCUT2D eigenvalue weighted by Crippen LogP contribution is 2.23. The van der Waals surface area contributed by atoms with E-state index in [1.807, 2.05) is 0 Å². The maximum absolute atomic E-state index is 13.3. The summed E-state index contributed by atoms with van der Waals surface area (Å²) in [5, 5.41) is 8.76. The van der Waals surface area contributed by atoms with Crippen LogP contribution in [-0.2, 0) is 12.8 Å². The van der Waals surface area contributed by atoms with Gasteiger partial charge in [-0.3, -0.25) is 0 Å². The number of fused-ring (bicyclic) bond motifs is 1. The molecular formula is C11H12FNO2. The molecule has 1 aromatic rings. The van der Waals surface area contributed by atoms with Gasteiger partial charge in [-0.05, 0) is 42.5 Å². The van der Waals surface area contributed by atoms with Gasteiger partial charge >= 0.3 is 5.97 Å². The Kier molecular flexibility index (Phi) is 2.44. The van der Waals surface area contributed by atoms with Gasteiger partial charge in [0.15, 0.2) is 0 Å². The lowest BCUT2D eigenvalue weighted by Crippen LogP contribution is -2.28. The number of hydrogen-bond donors (Lipinski definition) is 2. The van der Waals surface area contributed by atoms with Crippen LogP contribution in [0.5, 0.6) is 0 Å². The Morgan fingerprint density at radius 2 is 2.20 bits per heavy atom. The summed E-state index contributed by atoms with van der Waals surface area (Å²) < 4.78 is 13.3. The first-order chi connectivity index (χ1) is 7.08. The lowest BCUT2D eigenvalue weighted by molar-refractivity contribution is 0.0691. The number of rotatable bonds is 1.